The number of hydrogen-bond acceptors (Lipinski definition) is 2. The van der Waals surface area contributed by atoms with Gasteiger partial charge < -0.3 is 9.47 Å². The third-order valence-electron chi connectivity index (χ3n) is 5.01. The van der Waals surface area contributed by atoms with Crippen LogP contribution in [0.3, 0.4) is 0 Å². The number of rotatable bonds is 6. The fraction of sp³-hybridized carbons (Fsp3) is 0.429. The van der Waals surface area contributed by atoms with E-state index in [1.807, 2.05) is 6.92 Å². The van der Waals surface area contributed by atoms with Gasteiger partial charge in [-0.05, 0) is 30.4 Å². The molecule has 0 radical (unpaired) electrons. The predicted molar refractivity (Wildman–Crippen MR) is 94.0 cm³/mol. The van der Waals surface area contributed by atoms with E-state index in [2.05, 4.69) is 4.74 Å². The molecular weight excluding hydrogens is 417 g/mol. The highest BCUT2D eigenvalue weighted by Crippen LogP contribution is 2.38. The molecule has 1 aliphatic heterocycles. The first-order chi connectivity index (χ1) is 14.1. The molecule has 1 saturated heterocycles. The van der Waals surface area contributed by atoms with Gasteiger partial charge in [0.1, 0.15) is 5.75 Å². The highest BCUT2D eigenvalue weighted by molar-refractivity contribution is 5.30. The van der Waals surface area contributed by atoms with E-state index in [0.29, 0.717) is 25.0 Å². The monoisotopic (exact) mass is 436 g/mol. The van der Waals surface area contributed by atoms with Crippen molar-refractivity contribution in [2.45, 2.75) is 50.7 Å². The van der Waals surface area contributed by atoms with Crippen molar-refractivity contribution in [2.24, 2.45) is 0 Å². The summed E-state index contributed by atoms with van der Waals surface area (Å²) in [6.07, 6.45) is -4.96. The Morgan fingerprint density at radius 1 is 0.967 bits per heavy atom. The standard InChI is InChI=1S/C21H19F7O2/c1-2-3-11-4-6-14(19(25)18(11)24)12-5-7-17(29-10-12)21(27,28)30-13-8-15(22)20(26)16(23)9-13/h4,6,8-9,12,17H,2-3,5,7,10H2,1H3. The van der Waals surface area contributed by atoms with Crippen LogP contribution in [0.25, 0.3) is 0 Å². The summed E-state index contributed by atoms with van der Waals surface area (Å²) in [6, 6.07) is 3.50. The van der Waals surface area contributed by atoms with Gasteiger partial charge in [-0.3, -0.25) is 0 Å². The summed E-state index contributed by atoms with van der Waals surface area (Å²) in [7, 11) is 0. The summed E-state index contributed by atoms with van der Waals surface area (Å²) in [4.78, 5) is 0. The van der Waals surface area contributed by atoms with Crippen molar-refractivity contribution < 1.29 is 40.2 Å². The average molecular weight is 436 g/mol. The van der Waals surface area contributed by atoms with Crippen LogP contribution >= 0.6 is 0 Å². The van der Waals surface area contributed by atoms with Gasteiger partial charge in [0.2, 0.25) is 0 Å². The van der Waals surface area contributed by atoms with Crippen LogP contribution in [0.1, 0.15) is 43.2 Å². The zero-order valence-corrected chi connectivity index (χ0v) is 16.0. The third kappa shape index (κ3) is 4.55. The molecule has 0 saturated carbocycles. The number of benzene rings is 2. The van der Waals surface area contributed by atoms with Gasteiger partial charge in [-0.1, -0.05) is 25.5 Å². The van der Waals surface area contributed by atoms with Gasteiger partial charge in [-0.2, -0.15) is 8.78 Å². The largest absolute Gasteiger partial charge is 0.430 e. The van der Waals surface area contributed by atoms with Crippen molar-refractivity contribution in [2.75, 3.05) is 6.61 Å². The molecule has 2 aromatic rings. The minimum atomic E-state index is -3.98. The van der Waals surface area contributed by atoms with E-state index in [-0.39, 0.29) is 30.6 Å². The van der Waals surface area contributed by atoms with Crippen LogP contribution < -0.4 is 4.74 Å². The van der Waals surface area contributed by atoms with Crippen LogP contribution in [0.15, 0.2) is 24.3 Å². The maximum absolute atomic E-state index is 14.4. The Hall–Kier alpha value is -2.29. The summed E-state index contributed by atoms with van der Waals surface area (Å²) < 4.78 is 106. The quantitative estimate of drug-likeness (QED) is 0.393. The SMILES string of the molecule is CCCc1ccc(C2CCC(C(F)(F)Oc3cc(F)c(F)c(F)c3)OC2)c(F)c1F. The molecule has 1 aliphatic rings. The Labute approximate surface area is 168 Å². The number of hydrogen-bond donors (Lipinski definition) is 0. The maximum atomic E-state index is 14.4. The van der Waals surface area contributed by atoms with E-state index >= 15 is 0 Å². The Morgan fingerprint density at radius 2 is 1.63 bits per heavy atom. The van der Waals surface area contributed by atoms with Gasteiger partial charge >= 0.3 is 6.11 Å². The highest BCUT2D eigenvalue weighted by Gasteiger charge is 2.46. The molecule has 164 valence electrons. The van der Waals surface area contributed by atoms with Crippen LogP contribution in [0.4, 0.5) is 30.7 Å². The van der Waals surface area contributed by atoms with Gasteiger partial charge in [0, 0.05) is 18.1 Å². The molecule has 3 rings (SSSR count). The topological polar surface area (TPSA) is 18.5 Å². The Balaban J connectivity index is 1.68. The maximum Gasteiger partial charge on any atom is 0.424 e. The Morgan fingerprint density at radius 3 is 2.20 bits per heavy atom. The predicted octanol–water partition coefficient (Wildman–Crippen LogP) is 6.27. The van der Waals surface area contributed by atoms with E-state index < -0.39 is 53.0 Å². The van der Waals surface area contributed by atoms with Crippen molar-refractivity contribution >= 4 is 0 Å². The molecule has 0 amide bonds. The lowest BCUT2D eigenvalue weighted by atomic mass is 9.89. The van der Waals surface area contributed by atoms with Crippen LogP contribution in [-0.2, 0) is 11.2 Å². The fourth-order valence-electron chi connectivity index (χ4n) is 3.46. The molecule has 30 heavy (non-hydrogen) atoms. The zero-order chi connectivity index (χ0) is 22.1. The zero-order valence-electron chi connectivity index (χ0n) is 16.0. The van der Waals surface area contributed by atoms with Crippen LogP contribution in [0, 0.1) is 29.1 Å². The number of aryl methyl sites for hydroxylation is 1. The Kier molecular flexibility index (Phi) is 6.59. The van der Waals surface area contributed by atoms with Crippen LogP contribution in [0.2, 0.25) is 0 Å². The lowest BCUT2D eigenvalue weighted by Gasteiger charge is -2.33. The summed E-state index contributed by atoms with van der Waals surface area (Å²) in [5.74, 6) is -8.66. The molecule has 0 aromatic heterocycles. The van der Waals surface area contributed by atoms with Gasteiger partial charge in [-0.25, -0.2) is 22.0 Å². The van der Waals surface area contributed by atoms with Gasteiger partial charge in [0.25, 0.3) is 0 Å². The van der Waals surface area contributed by atoms with Crippen molar-refractivity contribution in [1.29, 1.82) is 0 Å². The van der Waals surface area contributed by atoms with Crippen molar-refractivity contribution in [3.8, 4) is 5.75 Å². The van der Waals surface area contributed by atoms with Crippen molar-refractivity contribution in [3.05, 3.63) is 64.5 Å². The second-order valence-electron chi connectivity index (χ2n) is 7.15. The number of ether oxygens (including phenoxy) is 2. The summed E-state index contributed by atoms with van der Waals surface area (Å²) in [5.41, 5.74) is 0.282. The van der Waals surface area contributed by atoms with Crippen LogP contribution in [-0.4, -0.2) is 18.8 Å². The normalized spacial score (nSPS) is 19.7. The molecule has 2 unspecified atom stereocenters. The first-order valence-electron chi connectivity index (χ1n) is 9.43. The minimum absolute atomic E-state index is 0.0396. The minimum Gasteiger partial charge on any atom is -0.430 e. The van der Waals surface area contributed by atoms with E-state index in [1.54, 1.807) is 0 Å². The smallest absolute Gasteiger partial charge is 0.424 e. The molecule has 0 spiro atoms. The molecule has 2 aromatic carbocycles. The second kappa shape index (κ2) is 8.83. The van der Waals surface area contributed by atoms with E-state index in [4.69, 9.17) is 4.74 Å². The lowest BCUT2D eigenvalue weighted by Crippen LogP contribution is -2.44. The molecule has 0 bridgehead atoms. The molecule has 2 nitrogen and oxygen atoms in total. The number of halogens is 7. The molecule has 9 heteroatoms. The van der Waals surface area contributed by atoms with E-state index in [0.717, 1.165) is 0 Å². The molecular formula is C21H19F7O2. The summed E-state index contributed by atoms with van der Waals surface area (Å²) >= 11 is 0. The average Bonchev–Trinajstić information content (AvgIpc) is 2.70. The van der Waals surface area contributed by atoms with Gasteiger partial charge in [-0.15, -0.1) is 0 Å². The summed E-state index contributed by atoms with van der Waals surface area (Å²) in [5, 5.41) is 0. The van der Waals surface area contributed by atoms with E-state index in [1.165, 1.54) is 12.1 Å². The first kappa shape index (κ1) is 22.4. The third-order valence-corrected chi connectivity index (χ3v) is 5.01. The molecule has 1 heterocycles. The fourth-order valence-corrected chi connectivity index (χ4v) is 3.46. The molecule has 2 atom stereocenters. The molecule has 0 N–H and O–H groups in total. The van der Waals surface area contributed by atoms with Crippen LogP contribution in [0.5, 0.6) is 5.75 Å². The molecule has 1 fully saturated rings. The number of alkyl halides is 2. The first-order valence-corrected chi connectivity index (χ1v) is 9.43. The van der Waals surface area contributed by atoms with Gasteiger partial charge in [0.15, 0.2) is 35.2 Å². The van der Waals surface area contributed by atoms with E-state index in [9.17, 15) is 30.7 Å². The molecule has 0 aliphatic carbocycles. The highest BCUT2D eigenvalue weighted by atomic mass is 19.3. The Bertz CT molecular complexity index is 885. The summed E-state index contributed by atoms with van der Waals surface area (Å²) in [6.45, 7) is 1.51. The van der Waals surface area contributed by atoms with Crippen molar-refractivity contribution in [3.63, 3.8) is 0 Å². The lowest BCUT2D eigenvalue weighted by molar-refractivity contribution is -0.262. The van der Waals surface area contributed by atoms with Crippen molar-refractivity contribution in [1.82, 2.24) is 0 Å². The van der Waals surface area contributed by atoms with Gasteiger partial charge in [0.05, 0.1) is 6.61 Å². The second-order valence-corrected chi connectivity index (χ2v) is 7.15.